The van der Waals surface area contributed by atoms with Crippen LogP contribution in [0, 0.1) is 13.8 Å². The van der Waals surface area contributed by atoms with E-state index in [2.05, 4.69) is 0 Å². The number of anilines is 1. The number of carbonyl (C=O) groups is 1. The molecule has 1 fully saturated rings. The third kappa shape index (κ3) is 4.41. The molecule has 0 spiro atoms. The molecular formula is C26H24N2O3S. The molecule has 0 bridgehead atoms. The van der Waals surface area contributed by atoms with Crippen LogP contribution in [0.4, 0.5) is 11.4 Å². The van der Waals surface area contributed by atoms with E-state index in [0.717, 1.165) is 28.1 Å². The van der Waals surface area contributed by atoms with Crippen LogP contribution in [0.3, 0.4) is 0 Å². The van der Waals surface area contributed by atoms with Crippen molar-refractivity contribution in [3.63, 3.8) is 0 Å². The van der Waals surface area contributed by atoms with Crippen LogP contribution in [0.5, 0.6) is 11.5 Å². The minimum atomic E-state index is -0.130. The van der Waals surface area contributed by atoms with Gasteiger partial charge in [0.1, 0.15) is 0 Å². The second kappa shape index (κ2) is 9.32. The minimum Gasteiger partial charge on any atom is -0.493 e. The lowest BCUT2D eigenvalue weighted by atomic mass is 10.1. The molecule has 162 valence electrons. The summed E-state index contributed by atoms with van der Waals surface area (Å²) in [6.07, 6.45) is 1.83. The van der Waals surface area contributed by atoms with E-state index in [9.17, 15) is 4.79 Å². The maximum absolute atomic E-state index is 13.5. The van der Waals surface area contributed by atoms with Crippen molar-refractivity contribution in [2.45, 2.75) is 13.8 Å². The first-order chi connectivity index (χ1) is 15.5. The van der Waals surface area contributed by atoms with E-state index >= 15 is 0 Å². The number of aryl methyl sites for hydroxylation is 2. The Labute approximate surface area is 192 Å². The Bertz CT molecular complexity index is 1200. The SMILES string of the molecule is COc1cccc(/C=C2/SC(=Nc3ccc(C)cc3)N(c3ccc(C)cc3)C2=O)c1OC. The van der Waals surface area contributed by atoms with Crippen molar-refractivity contribution < 1.29 is 14.3 Å². The summed E-state index contributed by atoms with van der Waals surface area (Å²) in [6.45, 7) is 4.05. The second-order valence-corrected chi connectivity index (χ2v) is 8.41. The third-order valence-electron chi connectivity index (χ3n) is 5.08. The zero-order valence-electron chi connectivity index (χ0n) is 18.5. The molecule has 5 nitrogen and oxygen atoms in total. The summed E-state index contributed by atoms with van der Waals surface area (Å²) in [5.74, 6) is 1.07. The van der Waals surface area contributed by atoms with Crippen molar-refractivity contribution in [1.29, 1.82) is 0 Å². The van der Waals surface area contributed by atoms with E-state index in [4.69, 9.17) is 14.5 Å². The monoisotopic (exact) mass is 444 g/mol. The van der Waals surface area contributed by atoms with Crippen LogP contribution in [0.1, 0.15) is 16.7 Å². The summed E-state index contributed by atoms with van der Waals surface area (Å²) in [4.78, 5) is 20.5. The van der Waals surface area contributed by atoms with Crippen molar-refractivity contribution in [2.24, 2.45) is 4.99 Å². The van der Waals surface area contributed by atoms with Crippen molar-refractivity contribution in [1.82, 2.24) is 0 Å². The van der Waals surface area contributed by atoms with Crippen LogP contribution in [0.25, 0.3) is 6.08 Å². The molecule has 0 radical (unpaired) electrons. The first-order valence-corrected chi connectivity index (χ1v) is 11.0. The number of nitrogens with zero attached hydrogens (tertiary/aromatic N) is 2. The maximum atomic E-state index is 13.5. The molecule has 1 aliphatic heterocycles. The van der Waals surface area contributed by atoms with Gasteiger partial charge in [0.25, 0.3) is 5.91 Å². The van der Waals surface area contributed by atoms with E-state index in [0.29, 0.717) is 21.6 Å². The number of hydrogen-bond acceptors (Lipinski definition) is 5. The molecule has 1 saturated heterocycles. The fourth-order valence-electron chi connectivity index (χ4n) is 3.37. The third-order valence-corrected chi connectivity index (χ3v) is 6.05. The lowest BCUT2D eigenvalue weighted by molar-refractivity contribution is -0.113. The Morgan fingerprint density at radius 2 is 1.53 bits per heavy atom. The Morgan fingerprint density at radius 1 is 0.875 bits per heavy atom. The summed E-state index contributed by atoms with van der Waals surface area (Å²) >= 11 is 1.34. The zero-order valence-corrected chi connectivity index (χ0v) is 19.3. The molecule has 4 rings (SSSR count). The molecule has 0 aromatic heterocycles. The molecule has 1 amide bonds. The number of thioether (sulfide) groups is 1. The summed E-state index contributed by atoms with van der Waals surface area (Å²) < 4.78 is 10.9. The van der Waals surface area contributed by atoms with Crippen molar-refractivity contribution in [3.05, 3.63) is 88.3 Å². The molecule has 1 aliphatic rings. The highest BCUT2D eigenvalue weighted by molar-refractivity contribution is 8.19. The molecule has 32 heavy (non-hydrogen) atoms. The number of carbonyl (C=O) groups excluding carboxylic acids is 1. The van der Waals surface area contributed by atoms with Crippen LogP contribution < -0.4 is 14.4 Å². The molecule has 3 aromatic carbocycles. The van der Waals surface area contributed by atoms with Gasteiger partial charge in [-0.25, -0.2) is 4.99 Å². The predicted molar refractivity (Wildman–Crippen MR) is 132 cm³/mol. The maximum Gasteiger partial charge on any atom is 0.271 e. The van der Waals surface area contributed by atoms with Gasteiger partial charge in [0.15, 0.2) is 16.7 Å². The van der Waals surface area contributed by atoms with E-state index in [-0.39, 0.29) is 5.91 Å². The Balaban J connectivity index is 1.80. The number of methoxy groups -OCH3 is 2. The molecule has 0 aliphatic carbocycles. The highest BCUT2D eigenvalue weighted by atomic mass is 32.2. The normalized spacial score (nSPS) is 16.1. The Kier molecular flexibility index (Phi) is 6.32. The van der Waals surface area contributed by atoms with Gasteiger partial charge in [-0.2, -0.15) is 0 Å². The van der Waals surface area contributed by atoms with Crippen LogP contribution in [0.15, 0.2) is 76.6 Å². The van der Waals surface area contributed by atoms with Gasteiger partial charge < -0.3 is 9.47 Å². The quantitative estimate of drug-likeness (QED) is 0.444. The molecule has 0 atom stereocenters. The number of amidine groups is 1. The number of ether oxygens (including phenoxy) is 2. The lowest BCUT2D eigenvalue weighted by Crippen LogP contribution is -2.28. The van der Waals surface area contributed by atoms with Gasteiger partial charge >= 0.3 is 0 Å². The molecule has 6 heteroatoms. The first kappa shape index (κ1) is 21.7. The second-order valence-electron chi connectivity index (χ2n) is 7.40. The summed E-state index contributed by atoms with van der Waals surface area (Å²) in [5, 5.41) is 0.607. The van der Waals surface area contributed by atoms with Gasteiger partial charge in [-0.3, -0.25) is 9.69 Å². The standard InChI is InChI=1S/C26H24N2O3S/c1-17-8-12-20(13-9-17)27-26-28(21-14-10-18(2)11-15-21)25(29)23(32-26)16-19-6-5-7-22(30-3)24(19)31-4/h5-16H,1-4H3/b23-16+,27-26?. The van der Waals surface area contributed by atoms with Crippen molar-refractivity contribution in [3.8, 4) is 11.5 Å². The Morgan fingerprint density at radius 3 is 2.16 bits per heavy atom. The highest BCUT2D eigenvalue weighted by Gasteiger charge is 2.35. The fraction of sp³-hybridized carbons (Fsp3) is 0.154. The van der Waals surface area contributed by atoms with Gasteiger partial charge in [-0.05, 0) is 62.0 Å². The number of hydrogen-bond donors (Lipinski definition) is 0. The summed E-state index contributed by atoms with van der Waals surface area (Å²) in [5.41, 5.74) is 4.62. The number of benzene rings is 3. The topological polar surface area (TPSA) is 51.1 Å². The van der Waals surface area contributed by atoms with E-state index in [1.54, 1.807) is 19.1 Å². The molecule has 3 aromatic rings. The number of aliphatic imine (C=N–C) groups is 1. The first-order valence-electron chi connectivity index (χ1n) is 10.2. The van der Waals surface area contributed by atoms with Crippen molar-refractivity contribution in [2.75, 3.05) is 19.1 Å². The predicted octanol–water partition coefficient (Wildman–Crippen LogP) is 6.13. The van der Waals surface area contributed by atoms with Gasteiger partial charge in [0, 0.05) is 5.56 Å². The van der Waals surface area contributed by atoms with Gasteiger partial charge in [0.05, 0.1) is 30.5 Å². The van der Waals surface area contributed by atoms with E-state index in [1.165, 1.54) is 11.8 Å². The summed E-state index contributed by atoms with van der Waals surface area (Å²) in [6, 6.07) is 21.4. The Hall–Kier alpha value is -3.51. The van der Waals surface area contributed by atoms with Gasteiger partial charge in [-0.15, -0.1) is 0 Å². The number of para-hydroxylation sites is 1. The van der Waals surface area contributed by atoms with Crippen LogP contribution in [-0.2, 0) is 4.79 Å². The van der Waals surface area contributed by atoms with E-state index in [1.807, 2.05) is 86.7 Å². The minimum absolute atomic E-state index is 0.130. The highest BCUT2D eigenvalue weighted by Crippen LogP contribution is 2.40. The lowest BCUT2D eigenvalue weighted by Gasteiger charge is -2.16. The summed E-state index contributed by atoms with van der Waals surface area (Å²) in [7, 11) is 3.18. The van der Waals surface area contributed by atoms with Crippen LogP contribution >= 0.6 is 11.8 Å². The fourth-order valence-corrected chi connectivity index (χ4v) is 4.36. The van der Waals surface area contributed by atoms with Crippen molar-refractivity contribution >= 4 is 40.3 Å². The van der Waals surface area contributed by atoms with Crippen LogP contribution in [-0.4, -0.2) is 25.3 Å². The average Bonchev–Trinajstić information content (AvgIpc) is 3.10. The van der Waals surface area contributed by atoms with Gasteiger partial charge in [-0.1, -0.05) is 47.5 Å². The zero-order chi connectivity index (χ0) is 22.7. The number of rotatable bonds is 5. The molecule has 1 heterocycles. The smallest absolute Gasteiger partial charge is 0.271 e. The van der Waals surface area contributed by atoms with Gasteiger partial charge in [0.2, 0.25) is 0 Å². The molecule has 0 unspecified atom stereocenters. The molecule has 0 saturated carbocycles. The van der Waals surface area contributed by atoms with Crippen LogP contribution in [0.2, 0.25) is 0 Å². The van der Waals surface area contributed by atoms with E-state index < -0.39 is 0 Å². The molecule has 0 N–H and O–H groups in total. The number of amides is 1. The average molecular weight is 445 g/mol. The molecular weight excluding hydrogens is 420 g/mol. The largest absolute Gasteiger partial charge is 0.493 e.